The van der Waals surface area contributed by atoms with E-state index in [4.69, 9.17) is 11.5 Å². The fourth-order valence-corrected chi connectivity index (χ4v) is 7.13. The number of rotatable bonds is 8. The highest BCUT2D eigenvalue weighted by Gasteiger charge is 2.30. The summed E-state index contributed by atoms with van der Waals surface area (Å²) in [6.45, 7) is 3.48. The number of nitrogens with zero attached hydrogens (tertiary/aromatic N) is 2. The SMILES string of the molecule is Cc1cccc(S(=O)(=O)N(C(N)=O)c2ccc(Cc3ccc(N(C(N)=O)S(=O)(=O)c4cccc(C)c4)cc3)cc2)c1. The summed E-state index contributed by atoms with van der Waals surface area (Å²) in [5, 5.41) is 0. The molecule has 0 unspecified atom stereocenters. The van der Waals surface area contributed by atoms with Gasteiger partial charge in [-0.05, 0) is 91.1 Å². The van der Waals surface area contributed by atoms with Gasteiger partial charge in [0.15, 0.2) is 0 Å². The van der Waals surface area contributed by atoms with Crippen molar-refractivity contribution in [2.75, 3.05) is 8.61 Å². The minimum Gasteiger partial charge on any atom is -0.350 e. The number of hydrogen-bond donors (Lipinski definition) is 2. The molecule has 4 rings (SSSR count). The largest absolute Gasteiger partial charge is 0.350 e. The number of primary amides is 2. The summed E-state index contributed by atoms with van der Waals surface area (Å²) in [5.74, 6) is 0. The van der Waals surface area contributed by atoms with Gasteiger partial charge < -0.3 is 11.5 Å². The van der Waals surface area contributed by atoms with Gasteiger partial charge in [-0.25, -0.2) is 26.4 Å². The van der Waals surface area contributed by atoms with Crippen molar-refractivity contribution in [1.29, 1.82) is 0 Å². The molecule has 4 aromatic carbocycles. The van der Waals surface area contributed by atoms with E-state index in [0.29, 0.717) is 26.2 Å². The lowest BCUT2D eigenvalue weighted by Crippen LogP contribution is -2.40. The molecular formula is C29H28N4O6S2. The van der Waals surface area contributed by atoms with Gasteiger partial charge in [0, 0.05) is 0 Å². The van der Waals surface area contributed by atoms with Crippen molar-refractivity contribution in [2.24, 2.45) is 11.5 Å². The zero-order valence-electron chi connectivity index (χ0n) is 22.3. The standard InChI is InChI=1S/C29H28N4O6S2/c1-20-5-3-7-26(17-20)40(36,37)32(28(30)34)24-13-9-22(10-14-24)19-23-11-15-25(16-12-23)33(29(31)35)41(38,39)27-8-4-6-21(2)18-27/h3-18H,19H2,1-2H3,(H2,30,34)(H2,31,35). The van der Waals surface area contributed by atoms with Crippen molar-refractivity contribution in [2.45, 2.75) is 30.1 Å². The summed E-state index contributed by atoms with van der Waals surface area (Å²) in [6, 6.07) is 22.6. The molecular weight excluding hydrogens is 564 g/mol. The van der Waals surface area contributed by atoms with Gasteiger partial charge in [0.25, 0.3) is 20.0 Å². The summed E-state index contributed by atoms with van der Waals surface area (Å²) in [6.07, 6.45) is 0.392. The molecule has 4 N–H and O–H groups in total. The van der Waals surface area contributed by atoms with E-state index < -0.39 is 32.1 Å². The Morgan fingerprint density at radius 3 is 1.22 bits per heavy atom. The zero-order chi connectivity index (χ0) is 29.9. The van der Waals surface area contributed by atoms with Gasteiger partial charge in [-0.3, -0.25) is 0 Å². The first kappa shape index (κ1) is 29.3. The Morgan fingerprint density at radius 1 is 0.585 bits per heavy atom. The predicted octanol–water partition coefficient (Wildman–Crippen LogP) is 4.44. The minimum absolute atomic E-state index is 0.0603. The number of sulfonamides is 2. The van der Waals surface area contributed by atoms with Crippen molar-refractivity contribution in [1.82, 2.24) is 0 Å². The van der Waals surface area contributed by atoms with Gasteiger partial charge in [-0.2, -0.15) is 8.61 Å². The molecule has 4 aromatic rings. The maximum atomic E-state index is 13.2. The van der Waals surface area contributed by atoms with E-state index in [-0.39, 0.29) is 21.2 Å². The molecule has 0 heterocycles. The highest BCUT2D eigenvalue weighted by molar-refractivity contribution is 7.94. The molecule has 0 saturated carbocycles. The highest BCUT2D eigenvalue weighted by Crippen LogP contribution is 2.27. The maximum Gasteiger partial charge on any atom is 0.333 e. The van der Waals surface area contributed by atoms with Crippen LogP contribution >= 0.6 is 0 Å². The molecule has 0 bridgehead atoms. The molecule has 0 aliphatic heterocycles. The fourth-order valence-electron chi connectivity index (χ4n) is 4.27. The number of carbonyl (C=O) groups excluding carboxylic acids is 2. The number of amides is 4. The Balaban J connectivity index is 1.56. The molecule has 0 aromatic heterocycles. The minimum atomic E-state index is -4.23. The van der Waals surface area contributed by atoms with E-state index >= 15 is 0 Å². The Morgan fingerprint density at radius 2 is 0.927 bits per heavy atom. The smallest absolute Gasteiger partial charge is 0.333 e. The van der Waals surface area contributed by atoms with E-state index in [1.807, 2.05) is 0 Å². The molecule has 41 heavy (non-hydrogen) atoms. The molecule has 0 spiro atoms. The summed E-state index contributed by atoms with van der Waals surface area (Å²) in [5.41, 5.74) is 14.0. The van der Waals surface area contributed by atoms with Gasteiger partial charge >= 0.3 is 12.1 Å². The number of aryl methyl sites for hydroxylation is 2. The summed E-state index contributed by atoms with van der Waals surface area (Å²) < 4.78 is 53.7. The van der Waals surface area contributed by atoms with Crippen molar-refractivity contribution in [3.63, 3.8) is 0 Å². The van der Waals surface area contributed by atoms with E-state index in [1.165, 1.54) is 48.5 Å². The number of carbonyl (C=O) groups is 2. The molecule has 0 radical (unpaired) electrons. The first-order valence-corrected chi connectivity index (χ1v) is 15.2. The van der Waals surface area contributed by atoms with Crippen molar-refractivity contribution < 1.29 is 26.4 Å². The third kappa shape index (κ3) is 6.23. The number of benzene rings is 4. The second kappa shape index (κ2) is 11.4. The fraction of sp³-hybridized carbons (Fsp3) is 0.103. The molecule has 12 heteroatoms. The lowest BCUT2D eigenvalue weighted by atomic mass is 10.0. The van der Waals surface area contributed by atoms with E-state index in [9.17, 15) is 26.4 Å². The van der Waals surface area contributed by atoms with Crippen LogP contribution in [-0.2, 0) is 26.5 Å². The Bertz CT molecular complexity index is 1690. The average Bonchev–Trinajstić information content (AvgIpc) is 2.90. The number of anilines is 2. The topological polar surface area (TPSA) is 161 Å². The second-order valence-corrected chi connectivity index (χ2v) is 12.9. The van der Waals surface area contributed by atoms with Crippen LogP contribution in [-0.4, -0.2) is 28.9 Å². The number of urea groups is 2. The van der Waals surface area contributed by atoms with Crippen LogP contribution in [0.5, 0.6) is 0 Å². The van der Waals surface area contributed by atoms with E-state index in [0.717, 1.165) is 11.1 Å². The van der Waals surface area contributed by atoms with Gasteiger partial charge in [0.2, 0.25) is 0 Å². The Kier molecular flexibility index (Phi) is 8.17. The van der Waals surface area contributed by atoms with Crippen LogP contribution in [0.1, 0.15) is 22.3 Å². The normalized spacial score (nSPS) is 11.6. The van der Waals surface area contributed by atoms with Crippen LogP contribution in [0.3, 0.4) is 0 Å². The summed E-state index contributed by atoms with van der Waals surface area (Å²) in [7, 11) is -8.47. The van der Waals surface area contributed by atoms with Crippen LogP contribution in [0, 0.1) is 13.8 Å². The predicted molar refractivity (Wildman–Crippen MR) is 157 cm³/mol. The van der Waals surface area contributed by atoms with Crippen LogP contribution in [0.15, 0.2) is 107 Å². The molecule has 0 fully saturated rings. The quantitative estimate of drug-likeness (QED) is 0.307. The van der Waals surface area contributed by atoms with E-state index in [2.05, 4.69) is 0 Å². The molecule has 0 aliphatic rings. The van der Waals surface area contributed by atoms with Gasteiger partial charge in [-0.1, -0.05) is 48.5 Å². The van der Waals surface area contributed by atoms with E-state index in [1.54, 1.807) is 62.4 Å². The maximum absolute atomic E-state index is 13.2. The van der Waals surface area contributed by atoms with Crippen LogP contribution in [0.25, 0.3) is 0 Å². The van der Waals surface area contributed by atoms with Crippen LogP contribution in [0.2, 0.25) is 0 Å². The first-order chi connectivity index (χ1) is 19.3. The zero-order valence-corrected chi connectivity index (χ0v) is 23.9. The lowest BCUT2D eigenvalue weighted by Gasteiger charge is -2.21. The van der Waals surface area contributed by atoms with Crippen molar-refractivity contribution in [3.05, 3.63) is 119 Å². The lowest BCUT2D eigenvalue weighted by molar-refractivity contribution is 0.256. The monoisotopic (exact) mass is 592 g/mol. The Hall–Kier alpha value is -4.68. The number of nitrogens with two attached hydrogens (primary N) is 2. The Labute approximate surface area is 238 Å². The molecule has 0 saturated heterocycles. The second-order valence-electron chi connectivity index (χ2n) is 9.36. The third-order valence-electron chi connectivity index (χ3n) is 6.21. The number of hydrogen-bond acceptors (Lipinski definition) is 6. The molecule has 4 amide bonds. The summed E-state index contributed by atoms with van der Waals surface area (Å²) >= 11 is 0. The van der Waals surface area contributed by atoms with Crippen molar-refractivity contribution in [3.8, 4) is 0 Å². The van der Waals surface area contributed by atoms with Gasteiger partial charge in [0.1, 0.15) is 0 Å². The summed E-state index contributed by atoms with van der Waals surface area (Å²) in [4.78, 5) is 24.2. The van der Waals surface area contributed by atoms with Crippen molar-refractivity contribution >= 4 is 43.5 Å². The highest BCUT2D eigenvalue weighted by atomic mass is 32.2. The molecule has 0 aliphatic carbocycles. The first-order valence-electron chi connectivity index (χ1n) is 12.3. The van der Waals surface area contributed by atoms with Crippen LogP contribution in [0.4, 0.5) is 21.0 Å². The van der Waals surface area contributed by atoms with Crippen LogP contribution < -0.4 is 20.1 Å². The molecule has 10 nitrogen and oxygen atoms in total. The van der Waals surface area contributed by atoms with Gasteiger partial charge in [0.05, 0.1) is 21.2 Å². The third-order valence-corrected chi connectivity index (χ3v) is 9.65. The molecule has 212 valence electrons. The molecule has 0 atom stereocenters. The van der Waals surface area contributed by atoms with Gasteiger partial charge in [-0.15, -0.1) is 0 Å². The average molecular weight is 593 g/mol.